The van der Waals surface area contributed by atoms with E-state index in [1.807, 2.05) is 44.4 Å². The van der Waals surface area contributed by atoms with E-state index in [2.05, 4.69) is 11.5 Å². The molecule has 0 N–H and O–H groups in total. The van der Waals surface area contributed by atoms with Crippen molar-refractivity contribution >= 4 is 6.08 Å². The SMILES string of the molecule is C=Cc1ccc(OCCN(C)C)cc1. The van der Waals surface area contributed by atoms with Crippen molar-refractivity contribution < 1.29 is 4.74 Å². The fraction of sp³-hybridized carbons (Fsp3) is 0.333. The predicted octanol–water partition coefficient (Wildman–Crippen LogP) is 2.27. The Morgan fingerprint density at radius 3 is 2.43 bits per heavy atom. The topological polar surface area (TPSA) is 12.5 Å². The summed E-state index contributed by atoms with van der Waals surface area (Å²) in [5, 5.41) is 0. The molecule has 0 heterocycles. The number of nitrogens with zero attached hydrogens (tertiary/aromatic N) is 1. The lowest BCUT2D eigenvalue weighted by Gasteiger charge is -2.10. The smallest absolute Gasteiger partial charge is 0.119 e. The van der Waals surface area contributed by atoms with Gasteiger partial charge < -0.3 is 9.64 Å². The molecule has 0 saturated carbocycles. The van der Waals surface area contributed by atoms with Gasteiger partial charge in [0.05, 0.1) is 0 Å². The molecule has 0 saturated heterocycles. The first-order valence-corrected chi connectivity index (χ1v) is 4.72. The summed E-state index contributed by atoms with van der Waals surface area (Å²) in [5.41, 5.74) is 1.12. The zero-order valence-electron chi connectivity index (χ0n) is 8.86. The van der Waals surface area contributed by atoms with Crippen molar-refractivity contribution in [3.63, 3.8) is 0 Å². The summed E-state index contributed by atoms with van der Waals surface area (Å²) in [6.45, 7) is 5.35. The Hall–Kier alpha value is -1.28. The molecule has 1 aromatic carbocycles. The van der Waals surface area contributed by atoms with E-state index in [9.17, 15) is 0 Å². The van der Waals surface area contributed by atoms with E-state index in [0.717, 1.165) is 24.5 Å². The summed E-state index contributed by atoms with van der Waals surface area (Å²) < 4.78 is 5.54. The van der Waals surface area contributed by atoms with E-state index in [-0.39, 0.29) is 0 Å². The molecule has 1 rings (SSSR count). The molecule has 0 bridgehead atoms. The molecule has 0 spiro atoms. The standard InChI is InChI=1S/C12H17NO/c1-4-11-5-7-12(8-6-11)14-10-9-13(2)3/h4-8H,1,9-10H2,2-3H3. The Bertz CT molecular complexity index is 277. The minimum Gasteiger partial charge on any atom is -0.492 e. The number of hydrogen-bond donors (Lipinski definition) is 0. The third-order valence-electron chi connectivity index (χ3n) is 1.92. The molecular weight excluding hydrogens is 174 g/mol. The van der Waals surface area contributed by atoms with Crippen LogP contribution in [0.15, 0.2) is 30.8 Å². The Balaban J connectivity index is 2.40. The molecule has 0 fully saturated rings. The first-order chi connectivity index (χ1) is 6.72. The monoisotopic (exact) mass is 191 g/mol. The highest BCUT2D eigenvalue weighted by molar-refractivity contribution is 5.48. The Morgan fingerprint density at radius 1 is 1.29 bits per heavy atom. The maximum atomic E-state index is 5.54. The van der Waals surface area contributed by atoms with Gasteiger partial charge in [-0.25, -0.2) is 0 Å². The Kier molecular flexibility index (Phi) is 4.20. The van der Waals surface area contributed by atoms with Crippen molar-refractivity contribution in [2.45, 2.75) is 0 Å². The lowest BCUT2D eigenvalue weighted by molar-refractivity contribution is 0.261. The summed E-state index contributed by atoms with van der Waals surface area (Å²) >= 11 is 0. The molecule has 0 radical (unpaired) electrons. The molecule has 76 valence electrons. The van der Waals surface area contributed by atoms with Crippen molar-refractivity contribution in [1.82, 2.24) is 4.90 Å². The van der Waals surface area contributed by atoms with Gasteiger partial charge in [0, 0.05) is 6.54 Å². The normalized spacial score (nSPS) is 10.2. The highest BCUT2D eigenvalue weighted by atomic mass is 16.5. The highest BCUT2D eigenvalue weighted by Crippen LogP contribution is 2.12. The van der Waals surface area contributed by atoms with Gasteiger partial charge in [-0.05, 0) is 31.8 Å². The second kappa shape index (κ2) is 5.45. The summed E-state index contributed by atoms with van der Waals surface area (Å²) in [6.07, 6.45) is 1.82. The van der Waals surface area contributed by atoms with Crippen molar-refractivity contribution in [3.05, 3.63) is 36.4 Å². The summed E-state index contributed by atoms with van der Waals surface area (Å²) in [5.74, 6) is 0.914. The van der Waals surface area contributed by atoms with Crippen LogP contribution in [0.25, 0.3) is 6.08 Å². The molecule has 0 aliphatic heterocycles. The summed E-state index contributed by atoms with van der Waals surface area (Å²) in [4.78, 5) is 2.10. The van der Waals surface area contributed by atoms with E-state index in [4.69, 9.17) is 4.74 Å². The fourth-order valence-electron chi connectivity index (χ4n) is 1.05. The fourth-order valence-corrected chi connectivity index (χ4v) is 1.05. The average molecular weight is 191 g/mol. The van der Waals surface area contributed by atoms with Crippen LogP contribution in [0.2, 0.25) is 0 Å². The third kappa shape index (κ3) is 3.62. The minimum absolute atomic E-state index is 0.723. The molecule has 0 aliphatic carbocycles. The quantitative estimate of drug-likeness (QED) is 0.708. The molecule has 2 heteroatoms. The van der Waals surface area contributed by atoms with E-state index < -0.39 is 0 Å². The summed E-state index contributed by atoms with van der Waals surface area (Å²) in [7, 11) is 4.06. The molecule has 1 aromatic rings. The van der Waals surface area contributed by atoms with Gasteiger partial charge in [-0.1, -0.05) is 24.8 Å². The van der Waals surface area contributed by atoms with E-state index >= 15 is 0 Å². The second-order valence-electron chi connectivity index (χ2n) is 3.42. The van der Waals surface area contributed by atoms with Gasteiger partial charge in [0.15, 0.2) is 0 Å². The van der Waals surface area contributed by atoms with Gasteiger partial charge in [-0.3, -0.25) is 0 Å². The van der Waals surface area contributed by atoms with Gasteiger partial charge >= 0.3 is 0 Å². The molecule has 0 amide bonds. The number of hydrogen-bond acceptors (Lipinski definition) is 2. The van der Waals surface area contributed by atoms with Crippen LogP contribution in [0.5, 0.6) is 5.75 Å². The van der Waals surface area contributed by atoms with Crippen LogP contribution in [0.3, 0.4) is 0 Å². The number of likely N-dealkylation sites (N-methyl/N-ethyl adjacent to an activating group) is 1. The maximum absolute atomic E-state index is 5.54. The van der Waals surface area contributed by atoms with E-state index in [1.54, 1.807) is 0 Å². The van der Waals surface area contributed by atoms with Crippen molar-refractivity contribution in [2.24, 2.45) is 0 Å². The van der Waals surface area contributed by atoms with E-state index in [0.29, 0.717) is 0 Å². The lowest BCUT2D eigenvalue weighted by atomic mass is 10.2. The van der Waals surface area contributed by atoms with Crippen LogP contribution in [-0.2, 0) is 0 Å². The number of rotatable bonds is 5. The van der Waals surface area contributed by atoms with Crippen molar-refractivity contribution in [3.8, 4) is 5.75 Å². The first kappa shape index (κ1) is 10.8. The van der Waals surface area contributed by atoms with Gasteiger partial charge in [-0.15, -0.1) is 0 Å². The highest BCUT2D eigenvalue weighted by Gasteiger charge is 1.94. The zero-order chi connectivity index (χ0) is 10.4. The molecular formula is C12H17NO. The molecule has 0 atom stereocenters. The lowest BCUT2D eigenvalue weighted by Crippen LogP contribution is -2.19. The predicted molar refractivity (Wildman–Crippen MR) is 60.6 cm³/mol. The summed E-state index contributed by atoms with van der Waals surface area (Å²) in [6, 6.07) is 7.93. The molecule has 0 aliphatic rings. The van der Waals surface area contributed by atoms with Gasteiger partial charge in [0.2, 0.25) is 0 Å². The number of ether oxygens (including phenoxy) is 1. The average Bonchev–Trinajstić information content (AvgIpc) is 2.18. The molecule has 0 unspecified atom stereocenters. The maximum Gasteiger partial charge on any atom is 0.119 e. The molecule has 2 nitrogen and oxygen atoms in total. The number of benzene rings is 1. The van der Waals surface area contributed by atoms with Crippen LogP contribution in [0.1, 0.15) is 5.56 Å². The molecule has 14 heavy (non-hydrogen) atoms. The van der Waals surface area contributed by atoms with Crippen molar-refractivity contribution in [2.75, 3.05) is 27.2 Å². The van der Waals surface area contributed by atoms with Crippen molar-refractivity contribution in [1.29, 1.82) is 0 Å². The van der Waals surface area contributed by atoms with Gasteiger partial charge in [0.25, 0.3) is 0 Å². The third-order valence-corrected chi connectivity index (χ3v) is 1.92. The Labute approximate surface area is 85.8 Å². The zero-order valence-corrected chi connectivity index (χ0v) is 8.86. The van der Waals surface area contributed by atoms with Crippen LogP contribution in [-0.4, -0.2) is 32.1 Å². The second-order valence-corrected chi connectivity index (χ2v) is 3.42. The van der Waals surface area contributed by atoms with Gasteiger partial charge in [0.1, 0.15) is 12.4 Å². The largest absolute Gasteiger partial charge is 0.492 e. The minimum atomic E-state index is 0.723. The van der Waals surface area contributed by atoms with Gasteiger partial charge in [-0.2, -0.15) is 0 Å². The Morgan fingerprint density at radius 2 is 1.93 bits per heavy atom. The van der Waals surface area contributed by atoms with Crippen LogP contribution in [0.4, 0.5) is 0 Å². The van der Waals surface area contributed by atoms with Crippen LogP contribution >= 0.6 is 0 Å². The van der Waals surface area contributed by atoms with E-state index in [1.165, 1.54) is 0 Å². The van der Waals surface area contributed by atoms with Crippen LogP contribution in [0, 0.1) is 0 Å². The molecule has 0 aromatic heterocycles. The first-order valence-electron chi connectivity index (χ1n) is 4.72. The van der Waals surface area contributed by atoms with Crippen LogP contribution < -0.4 is 4.74 Å².